The number of hydrogen-bond donors (Lipinski definition) is 2. The lowest BCUT2D eigenvalue weighted by molar-refractivity contribution is -0.136. The van der Waals surface area contributed by atoms with Gasteiger partial charge in [-0.25, -0.2) is 0 Å². The van der Waals surface area contributed by atoms with Gasteiger partial charge in [0.25, 0.3) is 5.91 Å². The minimum atomic E-state index is -0.141. The zero-order valence-corrected chi connectivity index (χ0v) is 16.4. The fourth-order valence-electron chi connectivity index (χ4n) is 3.23. The highest BCUT2D eigenvalue weighted by molar-refractivity contribution is 5.93. The molecule has 0 spiro atoms. The molecule has 3 amide bonds. The van der Waals surface area contributed by atoms with Crippen LogP contribution in [-0.2, 0) is 14.4 Å². The van der Waals surface area contributed by atoms with E-state index in [1.165, 1.54) is 6.92 Å². The summed E-state index contributed by atoms with van der Waals surface area (Å²) in [4.78, 5) is 37.6. The Morgan fingerprint density at radius 2 is 1.52 bits per heavy atom. The van der Waals surface area contributed by atoms with Gasteiger partial charge in [-0.2, -0.15) is 0 Å². The zero-order valence-electron chi connectivity index (χ0n) is 16.4. The first-order valence-corrected chi connectivity index (χ1v) is 9.65. The monoisotopic (exact) mass is 395 g/mol. The van der Waals surface area contributed by atoms with Gasteiger partial charge < -0.3 is 20.3 Å². The van der Waals surface area contributed by atoms with Crippen LogP contribution in [0.5, 0.6) is 5.75 Å². The predicted octanol–water partition coefficient (Wildman–Crippen LogP) is 2.90. The predicted molar refractivity (Wildman–Crippen MR) is 111 cm³/mol. The van der Waals surface area contributed by atoms with E-state index >= 15 is 0 Å². The van der Waals surface area contributed by atoms with Gasteiger partial charge in [-0.15, -0.1) is 0 Å². The fourth-order valence-corrected chi connectivity index (χ4v) is 3.23. The Bertz CT molecular complexity index is 844. The third-order valence-corrected chi connectivity index (χ3v) is 4.80. The second-order valence-corrected chi connectivity index (χ2v) is 7.00. The van der Waals surface area contributed by atoms with Crippen LogP contribution in [0.4, 0.5) is 11.4 Å². The molecule has 7 heteroatoms. The van der Waals surface area contributed by atoms with Crippen molar-refractivity contribution in [1.29, 1.82) is 0 Å². The second kappa shape index (κ2) is 9.73. The summed E-state index contributed by atoms with van der Waals surface area (Å²) in [6.07, 6.45) is 1.24. The first-order chi connectivity index (χ1) is 14.0. The molecular weight excluding hydrogens is 370 g/mol. The van der Waals surface area contributed by atoms with Crippen LogP contribution < -0.4 is 15.4 Å². The average molecular weight is 395 g/mol. The fraction of sp³-hybridized carbons (Fsp3) is 0.318. The molecule has 2 N–H and O–H groups in total. The molecule has 3 rings (SSSR count). The van der Waals surface area contributed by atoms with Crippen LogP contribution in [0.3, 0.4) is 0 Å². The van der Waals surface area contributed by atoms with E-state index in [1.807, 2.05) is 30.3 Å². The number of para-hydroxylation sites is 1. The second-order valence-electron chi connectivity index (χ2n) is 7.00. The number of carbonyl (C=O) groups is 3. The van der Waals surface area contributed by atoms with E-state index in [4.69, 9.17) is 4.74 Å². The molecule has 0 aliphatic carbocycles. The summed E-state index contributed by atoms with van der Waals surface area (Å²) in [7, 11) is 0. The summed E-state index contributed by atoms with van der Waals surface area (Å²) in [5.74, 6) is 0.271. The van der Waals surface area contributed by atoms with Crippen LogP contribution in [0.15, 0.2) is 54.6 Å². The molecule has 0 saturated carbocycles. The molecule has 0 aromatic heterocycles. The number of piperidine rings is 1. The molecule has 29 heavy (non-hydrogen) atoms. The third-order valence-electron chi connectivity index (χ3n) is 4.80. The summed E-state index contributed by atoms with van der Waals surface area (Å²) < 4.78 is 5.51. The number of amides is 3. The standard InChI is InChI=1S/C22H25N3O4/c1-16(26)23-18-7-9-19(10-8-18)24-22(28)17-11-13-25(14-12-17)21(27)15-29-20-5-3-2-4-6-20/h2-10,17H,11-15H2,1H3,(H,23,26)(H,24,28). The van der Waals surface area contributed by atoms with Gasteiger partial charge in [0.15, 0.2) is 6.61 Å². The van der Waals surface area contributed by atoms with Crippen molar-refractivity contribution in [3.05, 3.63) is 54.6 Å². The molecule has 0 atom stereocenters. The molecule has 7 nitrogen and oxygen atoms in total. The van der Waals surface area contributed by atoms with Gasteiger partial charge in [-0.05, 0) is 49.2 Å². The summed E-state index contributed by atoms with van der Waals surface area (Å²) in [6.45, 7) is 2.52. The molecule has 0 radical (unpaired) electrons. The first-order valence-electron chi connectivity index (χ1n) is 9.65. The van der Waals surface area contributed by atoms with Crippen LogP contribution in [0.25, 0.3) is 0 Å². The van der Waals surface area contributed by atoms with Crippen LogP contribution in [0.2, 0.25) is 0 Å². The number of likely N-dealkylation sites (tertiary alicyclic amines) is 1. The lowest BCUT2D eigenvalue weighted by Crippen LogP contribution is -2.43. The summed E-state index contributed by atoms with van der Waals surface area (Å²) in [5, 5.41) is 5.59. The molecule has 0 bridgehead atoms. The minimum absolute atomic E-state index is 0.00151. The first kappa shape index (κ1) is 20.4. The summed E-state index contributed by atoms with van der Waals surface area (Å²) >= 11 is 0. The van der Waals surface area contributed by atoms with Crippen molar-refractivity contribution in [3.63, 3.8) is 0 Å². The van der Waals surface area contributed by atoms with E-state index in [1.54, 1.807) is 29.2 Å². The van der Waals surface area contributed by atoms with Crippen molar-refractivity contribution in [1.82, 2.24) is 4.90 Å². The number of hydrogen-bond acceptors (Lipinski definition) is 4. The Kier molecular flexibility index (Phi) is 6.84. The van der Waals surface area contributed by atoms with E-state index in [9.17, 15) is 14.4 Å². The Morgan fingerprint density at radius 1 is 0.931 bits per heavy atom. The third kappa shape index (κ3) is 6.07. The molecule has 1 aliphatic heterocycles. The normalized spacial score (nSPS) is 14.2. The smallest absolute Gasteiger partial charge is 0.260 e. The van der Waals surface area contributed by atoms with Crippen LogP contribution in [0, 0.1) is 5.92 Å². The largest absolute Gasteiger partial charge is 0.484 e. The number of benzene rings is 2. The summed E-state index contributed by atoms with van der Waals surface area (Å²) in [6, 6.07) is 16.2. The Balaban J connectivity index is 1.43. The van der Waals surface area contributed by atoms with Crippen molar-refractivity contribution in [2.24, 2.45) is 5.92 Å². The van der Waals surface area contributed by atoms with Gasteiger partial charge >= 0.3 is 0 Å². The van der Waals surface area contributed by atoms with Crippen molar-refractivity contribution < 1.29 is 19.1 Å². The number of nitrogens with zero attached hydrogens (tertiary/aromatic N) is 1. The molecule has 152 valence electrons. The number of anilines is 2. The van der Waals surface area contributed by atoms with E-state index in [2.05, 4.69) is 10.6 Å². The van der Waals surface area contributed by atoms with Crippen LogP contribution in [-0.4, -0.2) is 42.3 Å². The number of rotatable bonds is 6. The molecule has 0 unspecified atom stereocenters. The van der Waals surface area contributed by atoms with Gasteiger partial charge in [0.1, 0.15) is 5.75 Å². The highest BCUT2D eigenvalue weighted by Gasteiger charge is 2.27. The Hall–Kier alpha value is -3.35. The average Bonchev–Trinajstić information content (AvgIpc) is 2.74. The van der Waals surface area contributed by atoms with Crippen molar-refractivity contribution in [2.75, 3.05) is 30.3 Å². The van der Waals surface area contributed by atoms with E-state index < -0.39 is 0 Å². The number of ether oxygens (including phenoxy) is 1. The lowest BCUT2D eigenvalue weighted by Gasteiger charge is -2.31. The minimum Gasteiger partial charge on any atom is -0.484 e. The highest BCUT2D eigenvalue weighted by atomic mass is 16.5. The molecule has 1 fully saturated rings. The quantitative estimate of drug-likeness (QED) is 0.787. The maximum Gasteiger partial charge on any atom is 0.260 e. The molecule has 2 aromatic rings. The van der Waals surface area contributed by atoms with Crippen molar-refractivity contribution in [3.8, 4) is 5.75 Å². The Morgan fingerprint density at radius 3 is 2.10 bits per heavy atom. The van der Waals surface area contributed by atoms with E-state index in [0.717, 1.165) is 0 Å². The zero-order chi connectivity index (χ0) is 20.6. The summed E-state index contributed by atoms with van der Waals surface area (Å²) in [5.41, 5.74) is 1.36. The lowest BCUT2D eigenvalue weighted by atomic mass is 9.95. The van der Waals surface area contributed by atoms with Crippen LogP contribution in [0.1, 0.15) is 19.8 Å². The van der Waals surface area contributed by atoms with Gasteiger partial charge in [0.2, 0.25) is 11.8 Å². The maximum absolute atomic E-state index is 12.5. The van der Waals surface area contributed by atoms with Gasteiger partial charge in [0, 0.05) is 37.3 Å². The van der Waals surface area contributed by atoms with Gasteiger partial charge in [0.05, 0.1) is 0 Å². The SMILES string of the molecule is CC(=O)Nc1ccc(NC(=O)C2CCN(C(=O)COc3ccccc3)CC2)cc1. The highest BCUT2D eigenvalue weighted by Crippen LogP contribution is 2.21. The van der Waals surface area contributed by atoms with Crippen molar-refractivity contribution >= 4 is 29.1 Å². The van der Waals surface area contributed by atoms with Crippen LogP contribution >= 0.6 is 0 Å². The topological polar surface area (TPSA) is 87.7 Å². The molecule has 2 aromatic carbocycles. The van der Waals surface area contributed by atoms with E-state index in [-0.39, 0.29) is 30.2 Å². The van der Waals surface area contributed by atoms with Gasteiger partial charge in [-0.1, -0.05) is 18.2 Å². The maximum atomic E-state index is 12.5. The molecular formula is C22H25N3O4. The molecule has 1 heterocycles. The van der Waals surface area contributed by atoms with Gasteiger partial charge in [-0.3, -0.25) is 14.4 Å². The number of carbonyl (C=O) groups excluding carboxylic acids is 3. The van der Waals surface area contributed by atoms with E-state index in [0.29, 0.717) is 43.1 Å². The Labute approximate surface area is 170 Å². The molecule has 1 saturated heterocycles. The molecule has 1 aliphatic rings. The number of nitrogens with one attached hydrogen (secondary N) is 2. The van der Waals surface area contributed by atoms with Crippen molar-refractivity contribution in [2.45, 2.75) is 19.8 Å².